The lowest BCUT2D eigenvalue weighted by Crippen LogP contribution is -2.52. The van der Waals surface area contributed by atoms with Crippen molar-refractivity contribution >= 4 is 23.9 Å². The van der Waals surface area contributed by atoms with Crippen molar-refractivity contribution in [2.75, 3.05) is 33.9 Å². The second-order valence-corrected chi connectivity index (χ2v) is 6.47. The Labute approximate surface area is 161 Å². The van der Waals surface area contributed by atoms with Crippen LogP contribution in [0.4, 0.5) is 4.79 Å². The molecule has 1 aromatic rings. The molecule has 0 radical (unpaired) electrons. The first kappa shape index (κ1) is 19.6. The number of pyridine rings is 1. The van der Waals surface area contributed by atoms with Crippen LogP contribution in [-0.2, 0) is 19.0 Å². The van der Waals surface area contributed by atoms with Gasteiger partial charge in [-0.2, -0.15) is 0 Å². The highest BCUT2D eigenvalue weighted by molar-refractivity contribution is 5.94. The van der Waals surface area contributed by atoms with E-state index in [1.807, 2.05) is 0 Å². The lowest BCUT2D eigenvalue weighted by molar-refractivity contribution is -0.145. The Morgan fingerprint density at radius 2 is 1.86 bits per heavy atom. The molecule has 2 aliphatic heterocycles. The highest BCUT2D eigenvalue weighted by Crippen LogP contribution is 2.25. The third-order valence-electron chi connectivity index (χ3n) is 4.93. The van der Waals surface area contributed by atoms with Gasteiger partial charge in [0.15, 0.2) is 6.04 Å². The van der Waals surface area contributed by atoms with E-state index in [2.05, 4.69) is 9.72 Å². The number of aromatic nitrogens is 1. The molecule has 0 bridgehead atoms. The first-order chi connectivity index (χ1) is 13.5. The van der Waals surface area contributed by atoms with E-state index < -0.39 is 24.1 Å². The van der Waals surface area contributed by atoms with Gasteiger partial charge in [-0.3, -0.25) is 14.7 Å². The molecule has 0 saturated carbocycles. The predicted molar refractivity (Wildman–Crippen MR) is 93.5 cm³/mol. The Morgan fingerprint density at radius 3 is 2.43 bits per heavy atom. The number of amides is 2. The van der Waals surface area contributed by atoms with Gasteiger partial charge in [-0.15, -0.1) is 0 Å². The number of methoxy groups -OCH3 is 2. The van der Waals surface area contributed by atoms with Crippen molar-refractivity contribution in [1.29, 1.82) is 0 Å². The number of ether oxygens (including phenoxy) is 3. The van der Waals surface area contributed by atoms with Crippen LogP contribution in [0.5, 0.6) is 0 Å². The maximum Gasteiger partial charge on any atom is 0.410 e. The number of cyclic esters (lactones) is 1. The average molecular weight is 391 g/mol. The molecule has 10 heteroatoms. The molecule has 2 amide bonds. The van der Waals surface area contributed by atoms with Crippen LogP contribution in [0, 0.1) is 0 Å². The van der Waals surface area contributed by atoms with Crippen LogP contribution < -0.4 is 0 Å². The normalized spacial score (nSPS) is 19.9. The summed E-state index contributed by atoms with van der Waals surface area (Å²) in [5, 5.41) is 0. The van der Waals surface area contributed by atoms with Crippen LogP contribution >= 0.6 is 0 Å². The molecule has 2 fully saturated rings. The Kier molecular flexibility index (Phi) is 5.76. The lowest BCUT2D eigenvalue weighted by atomic mass is 10.0. The molecule has 10 nitrogen and oxygen atoms in total. The minimum atomic E-state index is -0.753. The number of hydrogen-bond donors (Lipinski definition) is 0. The summed E-state index contributed by atoms with van der Waals surface area (Å²) < 4.78 is 14.3. The molecule has 1 aromatic heterocycles. The topological polar surface area (TPSA) is 115 Å². The van der Waals surface area contributed by atoms with E-state index in [4.69, 9.17) is 9.47 Å². The van der Waals surface area contributed by atoms with Crippen molar-refractivity contribution in [1.82, 2.24) is 14.8 Å². The summed E-state index contributed by atoms with van der Waals surface area (Å²) in [5.41, 5.74) is 0.485. The van der Waals surface area contributed by atoms with Gasteiger partial charge in [0, 0.05) is 25.3 Å². The number of esters is 2. The van der Waals surface area contributed by atoms with Crippen LogP contribution in [0.2, 0.25) is 0 Å². The van der Waals surface area contributed by atoms with Gasteiger partial charge < -0.3 is 19.1 Å². The molecule has 150 valence electrons. The van der Waals surface area contributed by atoms with E-state index in [1.165, 1.54) is 37.4 Å². The summed E-state index contributed by atoms with van der Waals surface area (Å²) in [6.45, 7) is 0.782. The molecule has 2 aliphatic rings. The zero-order chi connectivity index (χ0) is 20.3. The number of carbonyl (C=O) groups excluding carboxylic acids is 4. The van der Waals surface area contributed by atoms with Gasteiger partial charge >= 0.3 is 18.0 Å². The molecule has 3 heterocycles. The van der Waals surface area contributed by atoms with Gasteiger partial charge in [0.2, 0.25) is 0 Å². The molecule has 2 saturated heterocycles. The van der Waals surface area contributed by atoms with Crippen LogP contribution in [0.25, 0.3) is 0 Å². The van der Waals surface area contributed by atoms with Crippen molar-refractivity contribution in [2.45, 2.75) is 24.9 Å². The second-order valence-electron chi connectivity index (χ2n) is 6.47. The molecule has 28 heavy (non-hydrogen) atoms. The lowest BCUT2D eigenvalue weighted by Gasteiger charge is -2.37. The Bertz CT molecular complexity index is 772. The van der Waals surface area contributed by atoms with Crippen molar-refractivity contribution in [3.05, 3.63) is 29.6 Å². The molecular formula is C18H21N3O7. The molecule has 1 atom stereocenters. The third kappa shape index (κ3) is 3.75. The zero-order valence-corrected chi connectivity index (χ0v) is 15.6. The summed E-state index contributed by atoms with van der Waals surface area (Å²) in [6.07, 6.45) is 1.77. The largest absolute Gasteiger partial charge is 0.467 e. The summed E-state index contributed by atoms with van der Waals surface area (Å²) >= 11 is 0. The van der Waals surface area contributed by atoms with E-state index in [-0.39, 0.29) is 29.8 Å². The number of rotatable bonds is 4. The predicted octanol–water partition coefficient (Wildman–Crippen LogP) is 0.467. The standard InChI is InChI=1S/C18H21N3O7/c1-26-16(23)11-3-4-13(19-9-11)15(22)20-7-5-12(6-8-20)21-14(17(24)27-2)10-28-18(21)25/h3-4,9,12,14H,5-8,10H2,1-2H3. The van der Waals surface area contributed by atoms with Crippen LogP contribution in [0.3, 0.4) is 0 Å². The van der Waals surface area contributed by atoms with Crippen molar-refractivity contribution in [2.24, 2.45) is 0 Å². The Morgan fingerprint density at radius 1 is 1.14 bits per heavy atom. The van der Waals surface area contributed by atoms with Crippen LogP contribution in [-0.4, -0.2) is 84.7 Å². The van der Waals surface area contributed by atoms with Gasteiger partial charge in [0.25, 0.3) is 5.91 Å². The van der Waals surface area contributed by atoms with Gasteiger partial charge in [-0.05, 0) is 25.0 Å². The minimum Gasteiger partial charge on any atom is -0.467 e. The zero-order valence-electron chi connectivity index (χ0n) is 15.6. The summed E-state index contributed by atoms with van der Waals surface area (Å²) in [5.74, 6) is -1.30. The number of carbonyl (C=O) groups is 4. The van der Waals surface area contributed by atoms with Crippen molar-refractivity contribution in [3.8, 4) is 0 Å². The SMILES string of the molecule is COC(=O)c1ccc(C(=O)N2CCC(N3C(=O)OCC3C(=O)OC)CC2)nc1. The number of nitrogens with zero attached hydrogens (tertiary/aromatic N) is 3. The van der Waals surface area contributed by atoms with E-state index in [0.717, 1.165) is 0 Å². The Balaban J connectivity index is 1.61. The van der Waals surface area contributed by atoms with E-state index >= 15 is 0 Å². The summed E-state index contributed by atoms with van der Waals surface area (Å²) in [4.78, 5) is 55.0. The third-order valence-corrected chi connectivity index (χ3v) is 4.93. The first-order valence-corrected chi connectivity index (χ1v) is 8.82. The fourth-order valence-corrected chi connectivity index (χ4v) is 3.42. The number of piperidine rings is 1. The minimum absolute atomic E-state index is 0.0267. The van der Waals surface area contributed by atoms with E-state index in [1.54, 1.807) is 4.90 Å². The molecule has 0 aliphatic carbocycles. The average Bonchev–Trinajstić information content (AvgIpc) is 3.13. The smallest absolute Gasteiger partial charge is 0.410 e. The van der Waals surface area contributed by atoms with Crippen LogP contribution in [0.1, 0.15) is 33.7 Å². The number of hydrogen-bond acceptors (Lipinski definition) is 8. The van der Waals surface area contributed by atoms with Gasteiger partial charge in [-0.25, -0.2) is 14.4 Å². The van der Waals surface area contributed by atoms with E-state index in [9.17, 15) is 19.2 Å². The van der Waals surface area contributed by atoms with Crippen molar-refractivity contribution < 1.29 is 33.4 Å². The maximum absolute atomic E-state index is 12.6. The monoisotopic (exact) mass is 391 g/mol. The summed E-state index contributed by atoms with van der Waals surface area (Å²) in [6, 6.07) is 2.00. The fourth-order valence-electron chi connectivity index (χ4n) is 3.42. The summed E-state index contributed by atoms with van der Waals surface area (Å²) in [7, 11) is 2.54. The highest BCUT2D eigenvalue weighted by Gasteiger charge is 2.44. The van der Waals surface area contributed by atoms with Gasteiger partial charge in [0.05, 0.1) is 19.8 Å². The van der Waals surface area contributed by atoms with Gasteiger partial charge in [-0.1, -0.05) is 0 Å². The fraction of sp³-hybridized carbons (Fsp3) is 0.500. The molecular weight excluding hydrogens is 370 g/mol. The maximum atomic E-state index is 12.6. The second kappa shape index (κ2) is 8.24. The molecule has 3 rings (SSSR count). The van der Waals surface area contributed by atoms with Crippen molar-refractivity contribution in [3.63, 3.8) is 0 Å². The quantitative estimate of drug-likeness (QED) is 0.537. The van der Waals surface area contributed by atoms with Crippen LogP contribution in [0.15, 0.2) is 18.3 Å². The molecule has 1 unspecified atom stereocenters. The highest BCUT2D eigenvalue weighted by atomic mass is 16.6. The first-order valence-electron chi connectivity index (χ1n) is 8.82. The molecule has 0 spiro atoms. The van der Waals surface area contributed by atoms with E-state index in [0.29, 0.717) is 25.9 Å². The Hall–Kier alpha value is -3.17. The van der Waals surface area contributed by atoms with Gasteiger partial charge in [0.1, 0.15) is 12.3 Å². The molecule has 0 aromatic carbocycles. The molecule has 0 N–H and O–H groups in total. The number of likely N-dealkylation sites (tertiary alicyclic amines) is 1.